The summed E-state index contributed by atoms with van der Waals surface area (Å²) < 4.78 is 16.1. The number of aliphatic hydroxyl groups excluding tert-OH is 1. The zero-order chi connectivity index (χ0) is 22.8. The number of amides is 1. The van der Waals surface area contributed by atoms with Gasteiger partial charge < -0.3 is 23.9 Å². The van der Waals surface area contributed by atoms with E-state index in [0.29, 0.717) is 33.4 Å². The summed E-state index contributed by atoms with van der Waals surface area (Å²) in [6.07, 6.45) is 1.49. The molecule has 0 aliphatic carbocycles. The van der Waals surface area contributed by atoms with Crippen LogP contribution >= 0.6 is 11.6 Å². The molecule has 1 unspecified atom stereocenters. The first-order chi connectivity index (χ1) is 15.5. The number of ketones is 1. The standard InChI is InChI=1S/C24H20ClNO6/c1-30-18-8-4-3-7-16(18)21-20(22(27)14-9-10-17(25)19(12-14)31-2)23(28)24(29)26(21)13-15-6-5-11-32-15/h3-12,21,27H,13H2,1-2H3/b22-20+. The molecule has 1 aliphatic rings. The maximum Gasteiger partial charge on any atom is 0.296 e. The molecule has 4 rings (SSSR count). The predicted octanol–water partition coefficient (Wildman–Crippen LogP) is 4.57. The third kappa shape index (κ3) is 3.71. The third-order valence-corrected chi connectivity index (χ3v) is 5.62. The van der Waals surface area contributed by atoms with E-state index in [4.69, 9.17) is 25.5 Å². The normalized spacial score (nSPS) is 17.6. The first kappa shape index (κ1) is 21.5. The highest BCUT2D eigenvalue weighted by atomic mass is 35.5. The van der Waals surface area contributed by atoms with Crippen molar-refractivity contribution in [3.63, 3.8) is 0 Å². The Morgan fingerprint density at radius 2 is 1.81 bits per heavy atom. The van der Waals surface area contributed by atoms with Crippen LogP contribution in [0.3, 0.4) is 0 Å². The number of likely N-dealkylation sites (tertiary alicyclic amines) is 1. The van der Waals surface area contributed by atoms with Crippen molar-refractivity contribution < 1.29 is 28.6 Å². The Morgan fingerprint density at radius 1 is 1.06 bits per heavy atom. The number of benzene rings is 2. The predicted molar refractivity (Wildman–Crippen MR) is 118 cm³/mol. The van der Waals surface area contributed by atoms with Gasteiger partial charge in [0, 0.05) is 11.1 Å². The van der Waals surface area contributed by atoms with Crippen LogP contribution in [0.2, 0.25) is 5.02 Å². The number of carbonyl (C=O) groups excluding carboxylic acids is 2. The minimum Gasteiger partial charge on any atom is -0.507 e. The molecule has 0 saturated carbocycles. The summed E-state index contributed by atoms with van der Waals surface area (Å²) in [5.74, 6) is -0.590. The van der Waals surface area contributed by atoms with Crippen molar-refractivity contribution in [1.29, 1.82) is 0 Å². The lowest BCUT2D eigenvalue weighted by Crippen LogP contribution is -2.29. The fourth-order valence-electron chi connectivity index (χ4n) is 3.79. The highest BCUT2D eigenvalue weighted by Crippen LogP contribution is 2.43. The topological polar surface area (TPSA) is 89.2 Å². The molecule has 1 fully saturated rings. The van der Waals surface area contributed by atoms with E-state index in [0.717, 1.165) is 0 Å². The van der Waals surface area contributed by atoms with Crippen LogP contribution in [-0.2, 0) is 16.1 Å². The molecule has 1 atom stereocenters. The van der Waals surface area contributed by atoms with E-state index >= 15 is 0 Å². The molecule has 1 aliphatic heterocycles. The van der Waals surface area contributed by atoms with E-state index in [1.165, 1.54) is 31.4 Å². The van der Waals surface area contributed by atoms with Crippen LogP contribution in [0.1, 0.15) is 22.9 Å². The number of hydrogen-bond donors (Lipinski definition) is 1. The van der Waals surface area contributed by atoms with Gasteiger partial charge in [-0.15, -0.1) is 0 Å². The number of furan rings is 1. The highest BCUT2D eigenvalue weighted by Gasteiger charge is 2.47. The van der Waals surface area contributed by atoms with Gasteiger partial charge in [-0.3, -0.25) is 9.59 Å². The summed E-state index contributed by atoms with van der Waals surface area (Å²) in [6, 6.07) is 14.2. The van der Waals surface area contributed by atoms with Crippen LogP contribution in [0.5, 0.6) is 11.5 Å². The Labute approximate surface area is 189 Å². The van der Waals surface area contributed by atoms with Gasteiger partial charge in [-0.25, -0.2) is 0 Å². The number of Topliss-reactive ketones (excluding diaryl/α,β-unsaturated/α-hetero) is 1. The zero-order valence-corrected chi connectivity index (χ0v) is 18.1. The van der Waals surface area contributed by atoms with Crippen LogP contribution < -0.4 is 9.47 Å². The lowest BCUT2D eigenvalue weighted by Gasteiger charge is -2.25. The van der Waals surface area contributed by atoms with E-state index in [-0.39, 0.29) is 17.9 Å². The molecule has 2 heterocycles. The Balaban J connectivity index is 1.91. The number of halogens is 1. The largest absolute Gasteiger partial charge is 0.507 e. The smallest absolute Gasteiger partial charge is 0.296 e. The number of nitrogens with zero attached hydrogens (tertiary/aromatic N) is 1. The second-order valence-electron chi connectivity index (χ2n) is 7.10. The summed E-state index contributed by atoms with van der Waals surface area (Å²) in [7, 11) is 2.95. The molecular weight excluding hydrogens is 434 g/mol. The van der Waals surface area contributed by atoms with E-state index in [1.54, 1.807) is 48.5 Å². The second kappa shape index (κ2) is 8.80. The first-order valence-corrected chi connectivity index (χ1v) is 10.1. The summed E-state index contributed by atoms with van der Waals surface area (Å²) in [6.45, 7) is 0.0427. The first-order valence-electron chi connectivity index (χ1n) is 9.74. The molecule has 1 saturated heterocycles. The SMILES string of the molecule is COc1cc(/C(O)=C2\C(=O)C(=O)N(Cc3ccco3)C2c2ccccc2OC)ccc1Cl. The van der Waals surface area contributed by atoms with E-state index in [2.05, 4.69) is 0 Å². The molecular formula is C24H20ClNO6. The van der Waals surface area contributed by atoms with Gasteiger partial charge >= 0.3 is 0 Å². The van der Waals surface area contributed by atoms with Gasteiger partial charge in [0.15, 0.2) is 0 Å². The van der Waals surface area contributed by atoms with Gasteiger partial charge in [0.05, 0.1) is 43.7 Å². The van der Waals surface area contributed by atoms with Crippen molar-refractivity contribution in [3.8, 4) is 11.5 Å². The Kier molecular flexibility index (Phi) is 5.92. The molecule has 0 radical (unpaired) electrons. The third-order valence-electron chi connectivity index (χ3n) is 5.30. The zero-order valence-electron chi connectivity index (χ0n) is 17.4. The number of para-hydroxylation sites is 1. The minimum absolute atomic E-state index is 0.0427. The van der Waals surface area contributed by atoms with Crippen molar-refractivity contribution in [2.45, 2.75) is 12.6 Å². The number of hydrogen-bond acceptors (Lipinski definition) is 6. The molecule has 7 nitrogen and oxygen atoms in total. The number of methoxy groups -OCH3 is 2. The van der Waals surface area contributed by atoms with Gasteiger partial charge in [0.1, 0.15) is 23.0 Å². The van der Waals surface area contributed by atoms with E-state index in [9.17, 15) is 14.7 Å². The summed E-state index contributed by atoms with van der Waals surface area (Å²) in [5.41, 5.74) is 0.792. The molecule has 1 aromatic heterocycles. The van der Waals surface area contributed by atoms with Crippen molar-refractivity contribution in [1.82, 2.24) is 4.90 Å². The van der Waals surface area contributed by atoms with Crippen molar-refractivity contribution in [2.75, 3.05) is 14.2 Å². The fourth-order valence-corrected chi connectivity index (χ4v) is 3.99. The molecule has 1 N–H and O–H groups in total. The molecule has 8 heteroatoms. The highest BCUT2D eigenvalue weighted by molar-refractivity contribution is 6.46. The second-order valence-corrected chi connectivity index (χ2v) is 7.50. The maximum atomic E-state index is 13.1. The average Bonchev–Trinajstić information content (AvgIpc) is 3.41. The molecule has 0 spiro atoms. The van der Waals surface area contributed by atoms with Crippen LogP contribution in [0.4, 0.5) is 0 Å². The molecule has 32 heavy (non-hydrogen) atoms. The molecule has 2 aromatic carbocycles. The molecule has 1 amide bonds. The lowest BCUT2D eigenvalue weighted by molar-refractivity contribution is -0.140. The quantitative estimate of drug-likeness (QED) is 0.334. The van der Waals surface area contributed by atoms with Crippen molar-refractivity contribution in [2.24, 2.45) is 0 Å². The Hall–Kier alpha value is -3.71. The van der Waals surface area contributed by atoms with Crippen LogP contribution in [-0.4, -0.2) is 35.9 Å². The summed E-state index contributed by atoms with van der Waals surface area (Å²) in [5, 5.41) is 11.5. The van der Waals surface area contributed by atoms with Crippen molar-refractivity contribution in [3.05, 3.63) is 88.3 Å². The molecule has 3 aromatic rings. The number of carbonyl (C=O) groups is 2. The van der Waals surface area contributed by atoms with Crippen LogP contribution in [0, 0.1) is 0 Å². The number of ether oxygens (including phenoxy) is 2. The van der Waals surface area contributed by atoms with Gasteiger partial charge in [-0.1, -0.05) is 29.8 Å². The Morgan fingerprint density at radius 3 is 2.50 bits per heavy atom. The average molecular weight is 454 g/mol. The summed E-state index contributed by atoms with van der Waals surface area (Å²) in [4.78, 5) is 27.5. The Bertz CT molecular complexity index is 1200. The van der Waals surface area contributed by atoms with Gasteiger partial charge in [-0.05, 0) is 36.4 Å². The number of rotatable bonds is 6. The van der Waals surface area contributed by atoms with E-state index < -0.39 is 17.7 Å². The van der Waals surface area contributed by atoms with Gasteiger partial charge in [0.2, 0.25) is 0 Å². The monoisotopic (exact) mass is 453 g/mol. The molecule has 164 valence electrons. The molecule has 0 bridgehead atoms. The number of aliphatic hydroxyl groups is 1. The van der Waals surface area contributed by atoms with Crippen LogP contribution in [0.25, 0.3) is 5.76 Å². The maximum absolute atomic E-state index is 13.1. The van der Waals surface area contributed by atoms with Crippen molar-refractivity contribution >= 4 is 29.1 Å². The van der Waals surface area contributed by atoms with Gasteiger partial charge in [-0.2, -0.15) is 0 Å². The minimum atomic E-state index is -0.891. The van der Waals surface area contributed by atoms with E-state index in [1.807, 2.05) is 0 Å². The fraction of sp³-hybridized carbons (Fsp3) is 0.167. The summed E-state index contributed by atoms with van der Waals surface area (Å²) >= 11 is 6.10. The lowest BCUT2D eigenvalue weighted by atomic mass is 9.94. The van der Waals surface area contributed by atoms with Crippen LogP contribution in [0.15, 0.2) is 70.9 Å². The van der Waals surface area contributed by atoms with Gasteiger partial charge in [0.25, 0.3) is 11.7 Å².